The molecule has 1 unspecified atom stereocenters. The van der Waals surface area contributed by atoms with E-state index in [4.69, 9.17) is 22.1 Å². The second-order valence-electron chi connectivity index (χ2n) is 5.48. The van der Waals surface area contributed by atoms with E-state index >= 15 is 0 Å². The number of aromatic nitrogens is 3. The summed E-state index contributed by atoms with van der Waals surface area (Å²) in [6.07, 6.45) is 0.848. The van der Waals surface area contributed by atoms with E-state index in [9.17, 15) is 0 Å². The Labute approximate surface area is 129 Å². The average molecular weight is 311 g/mol. The SMILES string of the molecule is CCC1(C)NN(C)C(=S)Nc2nc(N3CCOCC3)nn21. The molecule has 3 heterocycles. The number of nitrogens with one attached hydrogen (secondary N) is 2. The highest BCUT2D eigenvalue weighted by atomic mass is 32.1. The average Bonchev–Trinajstić information content (AvgIpc) is 2.89. The first-order chi connectivity index (χ1) is 10.0. The number of hydrogen-bond acceptors (Lipinski definition) is 6. The molecule has 0 aromatic carbocycles. The van der Waals surface area contributed by atoms with E-state index in [1.54, 1.807) is 5.01 Å². The molecule has 1 aromatic heterocycles. The van der Waals surface area contributed by atoms with Crippen molar-refractivity contribution in [3.63, 3.8) is 0 Å². The van der Waals surface area contributed by atoms with Crippen LogP contribution in [0.3, 0.4) is 0 Å². The van der Waals surface area contributed by atoms with Crippen molar-refractivity contribution in [1.82, 2.24) is 25.2 Å². The maximum atomic E-state index is 5.38. The first kappa shape index (κ1) is 14.5. The summed E-state index contributed by atoms with van der Waals surface area (Å²) in [5.41, 5.74) is 2.99. The van der Waals surface area contributed by atoms with Crippen molar-refractivity contribution in [2.75, 3.05) is 43.6 Å². The molecule has 3 rings (SSSR count). The molecule has 1 saturated heterocycles. The van der Waals surface area contributed by atoms with Gasteiger partial charge in [0.25, 0.3) is 0 Å². The fourth-order valence-electron chi connectivity index (χ4n) is 2.49. The molecule has 0 amide bonds. The van der Waals surface area contributed by atoms with Gasteiger partial charge < -0.3 is 15.0 Å². The normalized spacial score (nSPS) is 26.3. The molecule has 0 saturated carbocycles. The molecule has 2 aliphatic rings. The molecule has 9 heteroatoms. The van der Waals surface area contributed by atoms with Gasteiger partial charge in [0.2, 0.25) is 11.9 Å². The summed E-state index contributed by atoms with van der Waals surface area (Å²) < 4.78 is 7.26. The van der Waals surface area contributed by atoms with Gasteiger partial charge in [-0.2, -0.15) is 4.98 Å². The molecule has 2 N–H and O–H groups in total. The second-order valence-corrected chi connectivity index (χ2v) is 5.86. The van der Waals surface area contributed by atoms with Gasteiger partial charge in [-0.25, -0.2) is 10.1 Å². The zero-order valence-electron chi connectivity index (χ0n) is 12.6. The number of anilines is 2. The van der Waals surface area contributed by atoms with Crippen LogP contribution in [0.15, 0.2) is 0 Å². The molecule has 21 heavy (non-hydrogen) atoms. The summed E-state index contributed by atoms with van der Waals surface area (Å²) in [4.78, 5) is 6.75. The van der Waals surface area contributed by atoms with Gasteiger partial charge in [-0.05, 0) is 25.6 Å². The number of hydrazine groups is 1. The molecular weight excluding hydrogens is 290 g/mol. The van der Waals surface area contributed by atoms with Gasteiger partial charge in [0, 0.05) is 20.1 Å². The molecule has 0 aliphatic carbocycles. The molecule has 0 bridgehead atoms. The van der Waals surface area contributed by atoms with Crippen molar-refractivity contribution >= 4 is 29.2 Å². The molecule has 116 valence electrons. The van der Waals surface area contributed by atoms with Crippen LogP contribution in [0.4, 0.5) is 11.9 Å². The van der Waals surface area contributed by atoms with Crippen LogP contribution in [0.25, 0.3) is 0 Å². The first-order valence-corrected chi connectivity index (χ1v) is 7.57. The van der Waals surface area contributed by atoms with Gasteiger partial charge in [0.05, 0.1) is 13.2 Å². The van der Waals surface area contributed by atoms with Crippen LogP contribution in [-0.2, 0) is 10.4 Å². The van der Waals surface area contributed by atoms with Crippen molar-refractivity contribution in [3.05, 3.63) is 0 Å². The lowest BCUT2D eigenvalue weighted by Gasteiger charge is -2.32. The van der Waals surface area contributed by atoms with Crippen LogP contribution in [0, 0.1) is 0 Å². The smallest absolute Gasteiger partial charge is 0.246 e. The lowest BCUT2D eigenvalue weighted by atomic mass is 10.1. The number of morpholine rings is 1. The standard InChI is InChI=1S/C12H21N7OS/c1-4-12(2)16-17(3)11(21)14-9-13-10(15-19(9)12)18-5-7-20-8-6-18/h16H,4-8H2,1-3H3,(H,13,14,15,21). The molecule has 1 fully saturated rings. The van der Waals surface area contributed by atoms with Crippen LogP contribution in [0.2, 0.25) is 0 Å². The van der Waals surface area contributed by atoms with Gasteiger partial charge in [-0.3, -0.25) is 5.01 Å². The predicted octanol–water partition coefficient (Wildman–Crippen LogP) is 0.344. The summed E-state index contributed by atoms with van der Waals surface area (Å²) in [6.45, 7) is 7.23. The third-order valence-electron chi connectivity index (χ3n) is 3.98. The first-order valence-electron chi connectivity index (χ1n) is 7.16. The molecular formula is C12H21N7OS. The molecule has 1 aromatic rings. The minimum absolute atomic E-state index is 0.380. The van der Waals surface area contributed by atoms with Crippen LogP contribution < -0.4 is 15.6 Å². The minimum atomic E-state index is -0.380. The van der Waals surface area contributed by atoms with E-state index in [-0.39, 0.29) is 5.66 Å². The highest BCUT2D eigenvalue weighted by Crippen LogP contribution is 2.26. The molecule has 8 nitrogen and oxygen atoms in total. The van der Waals surface area contributed by atoms with Crippen LogP contribution >= 0.6 is 12.2 Å². The summed E-state index contributed by atoms with van der Waals surface area (Å²) in [7, 11) is 1.89. The van der Waals surface area contributed by atoms with Crippen molar-refractivity contribution in [2.24, 2.45) is 0 Å². The van der Waals surface area contributed by atoms with Crippen molar-refractivity contribution in [3.8, 4) is 0 Å². The highest BCUT2D eigenvalue weighted by molar-refractivity contribution is 7.80. The number of nitrogens with zero attached hydrogens (tertiary/aromatic N) is 5. The third-order valence-corrected chi connectivity index (χ3v) is 4.35. The van der Waals surface area contributed by atoms with Crippen molar-refractivity contribution < 1.29 is 4.74 Å². The van der Waals surface area contributed by atoms with Crippen LogP contribution in [-0.4, -0.2) is 58.2 Å². The summed E-state index contributed by atoms with van der Waals surface area (Å²) in [5.74, 6) is 1.39. The zero-order chi connectivity index (χ0) is 15.0. The maximum absolute atomic E-state index is 5.38. The Balaban J connectivity index is 1.97. The number of hydrogen-bond donors (Lipinski definition) is 2. The highest BCUT2D eigenvalue weighted by Gasteiger charge is 2.35. The van der Waals surface area contributed by atoms with Gasteiger partial charge in [-0.1, -0.05) is 6.92 Å². The predicted molar refractivity (Wildman–Crippen MR) is 84.1 cm³/mol. The molecule has 1 atom stereocenters. The topological polar surface area (TPSA) is 70.5 Å². The Morgan fingerprint density at radius 1 is 1.38 bits per heavy atom. The van der Waals surface area contributed by atoms with Gasteiger partial charge >= 0.3 is 0 Å². The fraction of sp³-hybridized carbons (Fsp3) is 0.750. The summed E-state index contributed by atoms with van der Waals surface area (Å²) in [6, 6.07) is 0. The quantitative estimate of drug-likeness (QED) is 0.758. The van der Waals surface area contributed by atoms with Crippen LogP contribution in [0.5, 0.6) is 0 Å². The lowest BCUT2D eigenvalue weighted by Crippen LogP contribution is -2.52. The summed E-state index contributed by atoms with van der Waals surface area (Å²) >= 11 is 5.35. The number of fused-ring (bicyclic) bond motifs is 1. The molecule has 0 spiro atoms. The largest absolute Gasteiger partial charge is 0.378 e. The Kier molecular flexibility index (Phi) is 3.72. The number of ether oxygens (including phenoxy) is 1. The van der Waals surface area contributed by atoms with E-state index in [1.807, 2.05) is 11.7 Å². The van der Waals surface area contributed by atoms with E-state index in [1.165, 1.54) is 0 Å². The molecule has 2 aliphatic heterocycles. The lowest BCUT2D eigenvalue weighted by molar-refractivity contribution is 0.120. The number of rotatable bonds is 2. The van der Waals surface area contributed by atoms with Crippen LogP contribution in [0.1, 0.15) is 20.3 Å². The second kappa shape index (κ2) is 5.39. The number of thiocarbonyl (C=S) groups is 1. The van der Waals surface area contributed by atoms with Gasteiger partial charge in [-0.15, -0.1) is 5.10 Å². The Hall–Kier alpha value is -1.45. The van der Waals surface area contributed by atoms with Crippen molar-refractivity contribution in [2.45, 2.75) is 25.9 Å². The molecule has 0 radical (unpaired) electrons. The zero-order valence-corrected chi connectivity index (χ0v) is 13.4. The van der Waals surface area contributed by atoms with Gasteiger partial charge in [0.1, 0.15) is 5.66 Å². The Morgan fingerprint density at radius 2 is 2.10 bits per heavy atom. The van der Waals surface area contributed by atoms with E-state index < -0.39 is 0 Å². The Morgan fingerprint density at radius 3 is 2.76 bits per heavy atom. The van der Waals surface area contributed by atoms with E-state index in [0.717, 1.165) is 25.5 Å². The summed E-state index contributed by atoms with van der Waals surface area (Å²) in [5, 5.41) is 10.2. The van der Waals surface area contributed by atoms with Gasteiger partial charge in [0.15, 0.2) is 5.11 Å². The minimum Gasteiger partial charge on any atom is -0.378 e. The Bertz CT molecular complexity index is 542. The van der Waals surface area contributed by atoms with Crippen molar-refractivity contribution in [1.29, 1.82) is 0 Å². The van der Waals surface area contributed by atoms with E-state index in [2.05, 4.69) is 34.5 Å². The third kappa shape index (κ3) is 2.56. The monoisotopic (exact) mass is 311 g/mol. The van der Waals surface area contributed by atoms with E-state index in [0.29, 0.717) is 24.3 Å². The fourth-order valence-corrected chi connectivity index (χ4v) is 2.63. The maximum Gasteiger partial charge on any atom is 0.246 e.